The Balaban J connectivity index is 1.56. The quantitative estimate of drug-likeness (QED) is 0.635. The Morgan fingerprint density at radius 2 is 2.10 bits per heavy atom. The average molecular weight is 437 g/mol. The highest BCUT2D eigenvalue weighted by Crippen LogP contribution is 2.36. The van der Waals surface area contributed by atoms with E-state index in [4.69, 9.17) is 0 Å². The number of aromatic nitrogens is 2. The van der Waals surface area contributed by atoms with Gasteiger partial charge in [0.05, 0.1) is 17.2 Å². The number of benzene rings is 1. The van der Waals surface area contributed by atoms with Gasteiger partial charge in [0.1, 0.15) is 0 Å². The van der Waals surface area contributed by atoms with Gasteiger partial charge >= 0.3 is 0 Å². The number of carbonyl (C=O) groups excluding carboxylic acids is 2. The van der Waals surface area contributed by atoms with E-state index in [0.29, 0.717) is 31.5 Å². The second kappa shape index (κ2) is 8.67. The summed E-state index contributed by atoms with van der Waals surface area (Å²) in [5, 5.41) is 9.19. The van der Waals surface area contributed by atoms with Gasteiger partial charge in [-0.15, -0.1) is 11.3 Å². The van der Waals surface area contributed by atoms with E-state index < -0.39 is 5.41 Å². The Morgan fingerprint density at radius 1 is 1.26 bits per heavy atom. The van der Waals surface area contributed by atoms with Crippen LogP contribution in [-0.2, 0) is 11.2 Å². The van der Waals surface area contributed by atoms with Crippen LogP contribution in [0.15, 0.2) is 54.2 Å². The van der Waals surface area contributed by atoms with Crippen molar-refractivity contribution in [3.8, 4) is 10.4 Å². The summed E-state index contributed by atoms with van der Waals surface area (Å²) in [6.45, 7) is 5.02. The second-order valence-corrected chi connectivity index (χ2v) is 9.44. The molecule has 0 bridgehead atoms. The Kier molecular flexibility index (Phi) is 5.96. The molecule has 0 aliphatic carbocycles. The Morgan fingerprint density at radius 3 is 2.77 bits per heavy atom. The predicted molar refractivity (Wildman–Crippen MR) is 123 cm³/mol. The van der Waals surface area contributed by atoms with Crippen molar-refractivity contribution < 1.29 is 9.59 Å². The van der Waals surface area contributed by atoms with Gasteiger partial charge in [0, 0.05) is 37.3 Å². The largest absolute Gasteiger partial charge is 0.359 e. The van der Waals surface area contributed by atoms with E-state index in [1.165, 1.54) is 4.88 Å². The number of thiophene rings is 1. The zero-order valence-electron chi connectivity index (χ0n) is 18.2. The van der Waals surface area contributed by atoms with Crippen LogP contribution < -0.4 is 5.32 Å². The number of rotatable bonds is 6. The fourth-order valence-corrected chi connectivity index (χ4v) is 5.03. The van der Waals surface area contributed by atoms with Gasteiger partial charge in [-0.2, -0.15) is 5.10 Å². The summed E-state index contributed by atoms with van der Waals surface area (Å²) in [6.07, 6.45) is 4.64. The molecular weight excluding hydrogens is 408 g/mol. The molecule has 1 atom stereocenters. The fourth-order valence-electron chi connectivity index (χ4n) is 4.30. The van der Waals surface area contributed by atoms with Crippen molar-refractivity contribution in [2.75, 3.05) is 20.1 Å². The van der Waals surface area contributed by atoms with Gasteiger partial charge in [-0.3, -0.25) is 14.3 Å². The number of likely N-dealkylation sites (tertiary alicyclic amines) is 1. The topological polar surface area (TPSA) is 67.2 Å². The Labute approximate surface area is 186 Å². The fraction of sp³-hybridized carbons (Fsp3) is 0.375. The van der Waals surface area contributed by atoms with Crippen LogP contribution in [0.2, 0.25) is 0 Å². The predicted octanol–water partition coefficient (Wildman–Crippen LogP) is 4.01. The normalized spacial score (nSPS) is 18.5. The van der Waals surface area contributed by atoms with Crippen LogP contribution in [0, 0.1) is 5.41 Å². The molecule has 1 unspecified atom stereocenters. The summed E-state index contributed by atoms with van der Waals surface area (Å²) in [5.74, 6) is -0.0767. The molecule has 1 N–H and O–H groups in total. The van der Waals surface area contributed by atoms with E-state index >= 15 is 0 Å². The Hall–Kier alpha value is -2.93. The maximum absolute atomic E-state index is 13.1. The molecule has 31 heavy (non-hydrogen) atoms. The van der Waals surface area contributed by atoms with Crippen molar-refractivity contribution in [3.05, 3.63) is 65.3 Å². The third kappa shape index (κ3) is 4.28. The van der Waals surface area contributed by atoms with Crippen LogP contribution in [0.1, 0.15) is 42.2 Å². The van der Waals surface area contributed by atoms with Crippen LogP contribution in [0.4, 0.5) is 0 Å². The zero-order valence-corrected chi connectivity index (χ0v) is 19.0. The minimum atomic E-state index is -0.632. The summed E-state index contributed by atoms with van der Waals surface area (Å²) >= 11 is 1.70. The average Bonchev–Trinajstić information content (AvgIpc) is 3.54. The molecular formula is C24H28N4O2S. The molecule has 1 fully saturated rings. The summed E-state index contributed by atoms with van der Waals surface area (Å²) in [5.41, 5.74) is 2.20. The number of carbonyl (C=O) groups is 2. The summed E-state index contributed by atoms with van der Waals surface area (Å²) in [7, 11) is 1.67. The molecule has 1 aromatic carbocycles. The molecule has 3 aromatic rings. The van der Waals surface area contributed by atoms with Gasteiger partial charge in [-0.25, -0.2) is 0 Å². The SMILES string of the molecule is CNC(=O)C1(Cc2cccc(-c3cccs3)c2)CCN(C(=O)c2cnn(C(C)C)c2)C1. The number of hydrogen-bond donors (Lipinski definition) is 1. The molecule has 6 nitrogen and oxygen atoms in total. The molecule has 7 heteroatoms. The van der Waals surface area contributed by atoms with Crippen LogP contribution in [0.25, 0.3) is 10.4 Å². The van der Waals surface area contributed by atoms with E-state index in [2.05, 4.69) is 40.1 Å². The van der Waals surface area contributed by atoms with E-state index in [1.807, 2.05) is 26.0 Å². The molecule has 0 radical (unpaired) electrons. The van der Waals surface area contributed by atoms with E-state index in [9.17, 15) is 9.59 Å². The van der Waals surface area contributed by atoms with Crippen LogP contribution >= 0.6 is 11.3 Å². The lowest BCUT2D eigenvalue weighted by Gasteiger charge is -2.28. The zero-order chi connectivity index (χ0) is 22.0. The first kappa shape index (κ1) is 21.3. The first-order valence-corrected chi connectivity index (χ1v) is 11.5. The van der Waals surface area contributed by atoms with Gasteiger partial charge < -0.3 is 10.2 Å². The number of amides is 2. The highest BCUT2D eigenvalue weighted by Gasteiger charge is 2.45. The van der Waals surface area contributed by atoms with Crippen molar-refractivity contribution in [1.82, 2.24) is 20.0 Å². The van der Waals surface area contributed by atoms with Crippen molar-refractivity contribution in [2.24, 2.45) is 5.41 Å². The first-order valence-electron chi connectivity index (χ1n) is 10.6. The molecule has 1 aliphatic heterocycles. The third-order valence-corrected chi connectivity index (χ3v) is 6.92. The lowest BCUT2D eigenvalue weighted by Crippen LogP contribution is -2.44. The summed E-state index contributed by atoms with van der Waals surface area (Å²) in [6, 6.07) is 12.7. The molecule has 4 rings (SSSR count). The van der Waals surface area contributed by atoms with Crippen LogP contribution in [0.5, 0.6) is 0 Å². The molecule has 2 aromatic heterocycles. The molecule has 3 heterocycles. The first-order chi connectivity index (χ1) is 14.9. The highest BCUT2D eigenvalue weighted by molar-refractivity contribution is 7.13. The highest BCUT2D eigenvalue weighted by atomic mass is 32.1. The van der Waals surface area contributed by atoms with Gasteiger partial charge in [-0.1, -0.05) is 30.3 Å². The van der Waals surface area contributed by atoms with Crippen molar-refractivity contribution >= 4 is 23.2 Å². The maximum atomic E-state index is 13.1. The standard InChI is InChI=1S/C24H28N4O2S/c1-17(2)28-15-20(14-26-28)22(29)27-10-9-24(16-27,23(30)25-3)13-18-6-4-7-19(12-18)21-8-5-11-31-21/h4-8,11-12,14-15,17H,9-10,13,16H2,1-3H3,(H,25,30). The van der Waals surface area contributed by atoms with Gasteiger partial charge in [0.2, 0.25) is 5.91 Å². The molecule has 2 amide bonds. The summed E-state index contributed by atoms with van der Waals surface area (Å²) < 4.78 is 1.78. The molecule has 0 spiro atoms. The van der Waals surface area contributed by atoms with Crippen LogP contribution in [0.3, 0.4) is 0 Å². The van der Waals surface area contributed by atoms with Crippen molar-refractivity contribution in [1.29, 1.82) is 0 Å². The molecule has 0 saturated carbocycles. The number of nitrogens with zero attached hydrogens (tertiary/aromatic N) is 3. The van der Waals surface area contributed by atoms with Crippen molar-refractivity contribution in [2.45, 2.75) is 32.7 Å². The lowest BCUT2D eigenvalue weighted by atomic mass is 9.79. The Bertz CT molecular complexity index is 1070. The van der Waals surface area contributed by atoms with E-state index in [0.717, 1.165) is 11.1 Å². The van der Waals surface area contributed by atoms with E-state index in [-0.39, 0.29) is 17.9 Å². The minimum absolute atomic E-state index is 0.0118. The molecule has 1 aliphatic rings. The third-order valence-electron chi connectivity index (χ3n) is 6.00. The summed E-state index contributed by atoms with van der Waals surface area (Å²) in [4.78, 5) is 29.1. The van der Waals surface area contributed by atoms with Gasteiger partial charge in [0.25, 0.3) is 5.91 Å². The van der Waals surface area contributed by atoms with Gasteiger partial charge in [0.15, 0.2) is 0 Å². The monoisotopic (exact) mass is 436 g/mol. The minimum Gasteiger partial charge on any atom is -0.359 e. The van der Waals surface area contributed by atoms with Gasteiger partial charge in [-0.05, 0) is 49.3 Å². The van der Waals surface area contributed by atoms with E-state index in [1.54, 1.807) is 40.4 Å². The second-order valence-electron chi connectivity index (χ2n) is 8.49. The molecule has 162 valence electrons. The maximum Gasteiger partial charge on any atom is 0.257 e. The molecule has 1 saturated heterocycles. The van der Waals surface area contributed by atoms with Crippen LogP contribution in [-0.4, -0.2) is 46.6 Å². The smallest absolute Gasteiger partial charge is 0.257 e. The number of nitrogens with one attached hydrogen (secondary N) is 1. The number of hydrogen-bond acceptors (Lipinski definition) is 4. The lowest BCUT2D eigenvalue weighted by molar-refractivity contribution is -0.129. The van der Waals surface area contributed by atoms with Crippen molar-refractivity contribution in [3.63, 3.8) is 0 Å².